The van der Waals surface area contributed by atoms with Gasteiger partial charge in [-0.1, -0.05) is 0 Å². The van der Waals surface area contributed by atoms with E-state index in [4.69, 9.17) is 4.18 Å². The van der Waals surface area contributed by atoms with Crippen LogP contribution in [0, 0.1) is 0 Å². The highest BCUT2D eigenvalue weighted by atomic mass is 32.2. The van der Waals surface area contributed by atoms with E-state index < -0.39 is 39.8 Å². The summed E-state index contributed by atoms with van der Waals surface area (Å²) in [6, 6.07) is 3.66. The molecule has 1 aromatic carbocycles. The van der Waals surface area contributed by atoms with Crippen molar-refractivity contribution in [2.75, 3.05) is 24.3 Å². The molecule has 0 aromatic heterocycles. The van der Waals surface area contributed by atoms with Gasteiger partial charge in [-0.2, -0.15) is 8.42 Å². The monoisotopic (exact) mass is 435 g/mol. The minimum Gasteiger partial charge on any atom is -0.366 e. The van der Waals surface area contributed by atoms with Crippen LogP contribution in [0.2, 0.25) is 0 Å². The third-order valence-corrected chi connectivity index (χ3v) is 6.17. The summed E-state index contributed by atoms with van der Waals surface area (Å²) in [5, 5.41) is 2.17. The number of nitrogens with one attached hydrogen (secondary N) is 1. The molecule has 3 aliphatic heterocycles. The van der Waals surface area contributed by atoms with Gasteiger partial charge in [0.1, 0.15) is 6.04 Å². The summed E-state index contributed by atoms with van der Waals surface area (Å²) in [4.78, 5) is 52.2. The van der Waals surface area contributed by atoms with E-state index in [-0.39, 0.29) is 36.6 Å². The molecule has 160 valence electrons. The van der Waals surface area contributed by atoms with Crippen LogP contribution in [0.15, 0.2) is 18.2 Å². The quantitative estimate of drug-likeness (QED) is 0.507. The number of hydrogen-bond acceptors (Lipinski definition) is 8. The van der Waals surface area contributed by atoms with Crippen LogP contribution < -0.4 is 10.2 Å². The molecule has 2 atom stereocenters. The molecule has 1 aromatic rings. The molecular weight excluding hydrogens is 414 g/mol. The Bertz CT molecular complexity index is 1050. The molecule has 30 heavy (non-hydrogen) atoms. The molecule has 3 heterocycles. The van der Waals surface area contributed by atoms with Crippen molar-refractivity contribution in [1.82, 2.24) is 10.2 Å². The van der Waals surface area contributed by atoms with Gasteiger partial charge in [0.15, 0.2) is 0 Å². The molecule has 1 N–H and O–H groups in total. The van der Waals surface area contributed by atoms with Gasteiger partial charge >= 0.3 is 0 Å². The van der Waals surface area contributed by atoms with Crippen molar-refractivity contribution in [1.29, 1.82) is 0 Å². The summed E-state index contributed by atoms with van der Waals surface area (Å²) in [7, 11) is -3.57. The fourth-order valence-electron chi connectivity index (χ4n) is 4.19. The number of benzene rings is 1. The molecular formula is C19H21N3O7S. The Kier molecular flexibility index (Phi) is 5.10. The number of hydrogen-bond donors (Lipinski definition) is 1. The first-order valence-corrected chi connectivity index (χ1v) is 11.4. The summed E-state index contributed by atoms with van der Waals surface area (Å²) in [5.41, 5.74) is 1.08. The second-order valence-corrected chi connectivity index (χ2v) is 9.30. The van der Waals surface area contributed by atoms with Gasteiger partial charge in [-0.3, -0.25) is 33.6 Å². The number of anilines is 1. The van der Waals surface area contributed by atoms with Gasteiger partial charge in [0, 0.05) is 18.7 Å². The lowest BCUT2D eigenvalue weighted by Gasteiger charge is -2.27. The summed E-state index contributed by atoms with van der Waals surface area (Å²) in [6.07, 6.45) is 2.73. The zero-order chi connectivity index (χ0) is 21.6. The number of carbonyl (C=O) groups is 4. The van der Waals surface area contributed by atoms with Crippen molar-refractivity contribution in [2.24, 2.45) is 0 Å². The van der Waals surface area contributed by atoms with Crippen molar-refractivity contribution in [2.45, 2.75) is 37.8 Å². The molecule has 11 heteroatoms. The maximum Gasteiger partial charge on any atom is 0.264 e. The predicted molar refractivity (Wildman–Crippen MR) is 104 cm³/mol. The van der Waals surface area contributed by atoms with Crippen LogP contribution in [-0.2, 0) is 23.9 Å². The fraction of sp³-hybridized carbons (Fsp3) is 0.474. The van der Waals surface area contributed by atoms with Crippen molar-refractivity contribution in [3.05, 3.63) is 29.3 Å². The minimum absolute atomic E-state index is 0.00515. The summed E-state index contributed by atoms with van der Waals surface area (Å²) >= 11 is 0. The van der Waals surface area contributed by atoms with Gasteiger partial charge < -0.3 is 4.90 Å². The summed E-state index contributed by atoms with van der Waals surface area (Å²) in [6.45, 7) is 0.667. The average Bonchev–Trinajstić information content (AvgIpc) is 3.24. The molecule has 4 amide bonds. The maximum absolute atomic E-state index is 13.0. The van der Waals surface area contributed by atoms with E-state index >= 15 is 0 Å². The number of carbonyl (C=O) groups excluding carboxylic acids is 4. The standard InChI is InChI=1S/C19H21N3O7S/c1-30(27,28)29-10-12-3-2-8-21(12)11-4-5-13-14(9-11)19(26)22(18(13)25)15-6-7-16(23)20-17(15)24/h4-5,9,12,15H,2-3,6-8,10H2,1H3,(H,20,23,24)/t12-,15?/m0/s1. The topological polar surface area (TPSA) is 130 Å². The highest BCUT2D eigenvalue weighted by Crippen LogP contribution is 2.33. The van der Waals surface area contributed by atoms with Crippen LogP contribution in [0.3, 0.4) is 0 Å². The van der Waals surface area contributed by atoms with E-state index in [0.29, 0.717) is 12.2 Å². The van der Waals surface area contributed by atoms with Gasteiger partial charge in [0.2, 0.25) is 11.8 Å². The lowest BCUT2D eigenvalue weighted by Crippen LogP contribution is -2.54. The molecule has 10 nitrogen and oxygen atoms in total. The first-order valence-electron chi connectivity index (χ1n) is 9.62. The Morgan fingerprint density at radius 1 is 1.10 bits per heavy atom. The van der Waals surface area contributed by atoms with Crippen LogP contribution in [0.1, 0.15) is 46.4 Å². The van der Waals surface area contributed by atoms with E-state index in [0.717, 1.165) is 24.0 Å². The molecule has 1 unspecified atom stereocenters. The van der Waals surface area contributed by atoms with Crippen molar-refractivity contribution < 1.29 is 31.8 Å². The molecule has 0 aliphatic carbocycles. The first kappa shape index (κ1) is 20.5. The fourth-order valence-corrected chi connectivity index (χ4v) is 4.59. The maximum atomic E-state index is 13.0. The van der Waals surface area contributed by atoms with Gasteiger partial charge in [-0.25, -0.2) is 0 Å². The number of nitrogens with zero attached hydrogens (tertiary/aromatic N) is 2. The van der Waals surface area contributed by atoms with Crippen LogP contribution >= 0.6 is 0 Å². The van der Waals surface area contributed by atoms with Crippen molar-refractivity contribution in [3.63, 3.8) is 0 Å². The minimum atomic E-state index is -3.57. The normalized spacial score (nSPS) is 24.4. The van der Waals surface area contributed by atoms with Crippen LogP contribution in [0.5, 0.6) is 0 Å². The molecule has 2 fully saturated rings. The third-order valence-electron chi connectivity index (χ3n) is 5.61. The van der Waals surface area contributed by atoms with E-state index in [2.05, 4.69) is 5.32 Å². The lowest BCUT2D eigenvalue weighted by molar-refractivity contribution is -0.136. The summed E-state index contributed by atoms with van der Waals surface area (Å²) < 4.78 is 27.6. The number of fused-ring (bicyclic) bond motifs is 1. The highest BCUT2D eigenvalue weighted by Gasteiger charge is 2.45. The predicted octanol–water partition coefficient (Wildman–Crippen LogP) is 0.0328. The Morgan fingerprint density at radius 3 is 2.53 bits per heavy atom. The highest BCUT2D eigenvalue weighted by molar-refractivity contribution is 7.85. The molecule has 0 saturated carbocycles. The van der Waals surface area contributed by atoms with Crippen LogP contribution in [-0.4, -0.2) is 68.4 Å². The number of rotatable bonds is 5. The molecule has 0 bridgehead atoms. The molecule has 0 radical (unpaired) electrons. The Hall–Kier alpha value is -2.79. The first-order chi connectivity index (χ1) is 14.2. The van der Waals surface area contributed by atoms with Gasteiger partial charge in [-0.15, -0.1) is 0 Å². The Morgan fingerprint density at radius 2 is 1.83 bits per heavy atom. The van der Waals surface area contributed by atoms with E-state index in [1.165, 1.54) is 0 Å². The van der Waals surface area contributed by atoms with Gasteiger partial charge in [-0.05, 0) is 37.5 Å². The third kappa shape index (κ3) is 3.70. The van der Waals surface area contributed by atoms with E-state index in [1.807, 2.05) is 4.90 Å². The van der Waals surface area contributed by atoms with E-state index in [9.17, 15) is 27.6 Å². The van der Waals surface area contributed by atoms with Crippen molar-refractivity contribution in [3.8, 4) is 0 Å². The summed E-state index contributed by atoms with van der Waals surface area (Å²) in [5.74, 6) is -2.21. The SMILES string of the molecule is CS(=O)(=O)OC[C@@H]1CCCN1c1ccc2c(c1)C(=O)N(C1CCC(=O)NC1=O)C2=O. The van der Waals surface area contributed by atoms with Gasteiger partial charge in [0.25, 0.3) is 21.9 Å². The zero-order valence-corrected chi connectivity index (χ0v) is 17.1. The van der Waals surface area contributed by atoms with Crippen molar-refractivity contribution >= 4 is 39.4 Å². The largest absolute Gasteiger partial charge is 0.366 e. The number of imide groups is 2. The average molecular weight is 435 g/mol. The number of piperidine rings is 1. The molecule has 2 saturated heterocycles. The molecule has 4 rings (SSSR count). The second kappa shape index (κ2) is 7.47. The smallest absolute Gasteiger partial charge is 0.264 e. The molecule has 0 spiro atoms. The second-order valence-electron chi connectivity index (χ2n) is 7.66. The Balaban J connectivity index is 1.57. The number of amides is 4. The van der Waals surface area contributed by atoms with Crippen LogP contribution in [0.4, 0.5) is 5.69 Å². The van der Waals surface area contributed by atoms with E-state index in [1.54, 1.807) is 18.2 Å². The lowest BCUT2D eigenvalue weighted by atomic mass is 10.0. The Labute approximate surface area is 173 Å². The van der Waals surface area contributed by atoms with Crippen LogP contribution in [0.25, 0.3) is 0 Å². The zero-order valence-electron chi connectivity index (χ0n) is 16.3. The molecule has 3 aliphatic rings. The van der Waals surface area contributed by atoms with Gasteiger partial charge in [0.05, 0.1) is 30.0 Å².